The molecule has 1 aromatic carbocycles. The molecule has 0 amide bonds. The number of piperazine rings is 1. The van der Waals surface area contributed by atoms with Crippen molar-refractivity contribution in [3.05, 3.63) is 63.5 Å². The third kappa shape index (κ3) is 4.52. The van der Waals surface area contributed by atoms with E-state index in [2.05, 4.69) is 20.9 Å². The van der Waals surface area contributed by atoms with Crippen molar-refractivity contribution in [3.8, 4) is 6.07 Å². The minimum Gasteiger partial charge on any atom is -0.457 e. The number of hydrogen-bond acceptors (Lipinski definition) is 8. The molecule has 3 heterocycles. The highest BCUT2D eigenvalue weighted by Gasteiger charge is 2.27. The van der Waals surface area contributed by atoms with Gasteiger partial charge in [-0.15, -0.1) is 0 Å². The molecule has 32 heavy (non-hydrogen) atoms. The number of ether oxygens (including phenoxy) is 1. The summed E-state index contributed by atoms with van der Waals surface area (Å²) in [5.74, 6) is -0.297. The molecule has 2 aliphatic rings. The Labute approximate surface area is 187 Å². The van der Waals surface area contributed by atoms with E-state index in [0.29, 0.717) is 35.6 Å². The number of aliphatic hydroxyl groups excluding tert-OH is 2. The molecular formula is C24H28N4O4. The van der Waals surface area contributed by atoms with Crippen molar-refractivity contribution in [1.82, 2.24) is 14.8 Å². The Morgan fingerprint density at radius 3 is 2.34 bits per heavy atom. The van der Waals surface area contributed by atoms with Gasteiger partial charge in [0.15, 0.2) is 0 Å². The number of carbonyl (C=O) groups excluding carboxylic acids is 1. The lowest BCUT2D eigenvalue weighted by atomic mass is 9.95. The van der Waals surface area contributed by atoms with Crippen molar-refractivity contribution in [3.63, 3.8) is 0 Å². The number of rotatable bonds is 6. The van der Waals surface area contributed by atoms with E-state index in [1.54, 1.807) is 25.1 Å². The standard InChI is InChI=1S/C24H28N4O4/c1-15-18(4-5-19-20(15)14-32-24(19)31)22(29)12-27-7-9-28(10-8-27)13-23(30)21-6-3-17(11-25)16(2)26-21/h3-6,22-23,29-30H,7-10,12-14H2,1-2H3/t22?,23-/m0/s1. The number of nitrogens with zero attached hydrogens (tertiary/aromatic N) is 4. The van der Waals surface area contributed by atoms with Gasteiger partial charge in [0.05, 0.1) is 28.6 Å². The second-order valence-electron chi connectivity index (χ2n) is 8.50. The maximum atomic E-state index is 11.7. The van der Waals surface area contributed by atoms with E-state index in [-0.39, 0.29) is 12.6 Å². The third-order valence-electron chi connectivity index (χ3n) is 6.46. The van der Waals surface area contributed by atoms with Gasteiger partial charge < -0.3 is 14.9 Å². The van der Waals surface area contributed by atoms with Crippen LogP contribution in [0.5, 0.6) is 0 Å². The van der Waals surface area contributed by atoms with Crippen LogP contribution in [0.2, 0.25) is 0 Å². The highest BCUT2D eigenvalue weighted by molar-refractivity contribution is 5.93. The zero-order valence-electron chi connectivity index (χ0n) is 18.4. The van der Waals surface area contributed by atoms with Crippen molar-refractivity contribution < 1.29 is 19.7 Å². The number of nitriles is 1. The Kier molecular flexibility index (Phi) is 6.53. The Hall–Kier alpha value is -2.83. The fourth-order valence-electron chi connectivity index (χ4n) is 4.45. The van der Waals surface area contributed by atoms with Crippen molar-refractivity contribution in [2.24, 2.45) is 0 Å². The number of pyridine rings is 1. The molecule has 8 heteroatoms. The van der Waals surface area contributed by atoms with Crippen molar-refractivity contribution >= 4 is 5.97 Å². The van der Waals surface area contributed by atoms with Gasteiger partial charge in [-0.2, -0.15) is 5.26 Å². The number of carbonyl (C=O) groups is 1. The predicted octanol–water partition coefficient (Wildman–Crippen LogP) is 1.63. The Bertz CT molecular complexity index is 1060. The van der Waals surface area contributed by atoms with Crippen molar-refractivity contribution in [2.45, 2.75) is 32.7 Å². The SMILES string of the molecule is Cc1nc([C@@H](O)CN2CCN(CC(O)c3ccc4c(c3C)COC4=O)CC2)ccc1C#N. The van der Waals surface area contributed by atoms with E-state index in [1.807, 2.05) is 13.0 Å². The van der Waals surface area contributed by atoms with Crippen LogP contribution in [0.4, 0.5) is 0 Å². The van der Waals surface area contributed by atoms with Crippen LogP contribution in [0.25, 0.3) is 0 Å². The first-order valence-corrected chi connectivity index (χ1v) is 10.9. The molecule has 0 radical (unpaired) electrons. The van der Waals surface area contributed by atoms with Gasteiger partial charge >= 0.3 is 5.97 Å². The molecule has 0 spiro atoms. The van der Waals surface area contributed by atoms with Crippen molar-refractivity contribution in [1.29, 1.82) is 5.26 Å². The van der Waals surface area contributed by atoms with Gasteiger partial charge in [-0.05, 0) is 43.2 Å². The van der Waals surface area contributed by atoms with Gasteiger partial charge in [0.2, 0.25) is 0 Å². The van der Waals surface area contributed by atoms with Crippen LogP contribution < -0.4 is 0 Å². The molecule has 2 aliphatic heterocycles. The van der Waals surface area contributed by atoms with Crippen LogP contribution in [-0.4, -0.2) is 70.2 Å². The van der Waals surface area contributed by atoms with Gasteiger partial charge in [0.1, 0.15) is 18.8 Å². The summed E-state index contributed by atoms with van der Waals surface area (Å²) >= 11 is 0. The summed E-state index contributed by atoms with van der Waals surface area (Å²) in [4.78, 5) is 20.5. The Morgan fingerprint density at radius 1 is 1.06 bits per heavy atom. The fraction of sp³-hybridized carbons (Fsp3) is 0.458. The number of fused-ring (bicyclic) bond motifs is 1. The minimum absolute atomic E-state index is 0.273. The number of hydrogen-bond donors (Lipinski definition) is 2. The molecule has 168 valence electrons. The molecule has 2 N–H and O–H groups in total. The van der Waals surface area contributed by atoms with Crippen molar-refractivity contribution in [2.75, 3.05) is 39.3 Å². The molecule has 0 bridgehead atoms. The summed E-state index contributed by atoms with van der Waals surface area (Å²) in [6, 6.07) is 9.07. The fourth-order valence-corrected chi connectivity index (χ4v) is 4.45. The monoisotopic (exact) mass is 436 g/mol. The zero-order valence-corrected chi connectivity index (χ0v) is 18.4. The highest BCUT2D eigenvalue weighted by Crippen LogP contribution is 2.29. The predicted molar refractivity (Wildman–Crippen MR) is 117 cm³/mol. The van der Waals surface area contributed by atoms with Gasteiger partial charge in [-0.1, -0.05) is 6.07 Å². The summed E-state index contributed by atoms with van der Waals surface area (Å²) in [6.07, 6.45) is -1.35. The number of β-amino-alcohol motifs (C(OH)–C–C–N with tert-alkyl or cyclic N) is 2. The summed E-state index contributed by atoms with van der Waals surface area (Å²) in [5, 5.41) is 30.4. The van der Waals surface area contributed by atoms with Gasteiger partial charge in [0.25, 0.3) is 0 Å². The normalized spacial score (nSPS) is 18.7. The van der Waals surface area contributed by atoms with E-state index in [9.17, 15) is 15.0 Å². The number of cyclic esters (lactones) is 1. The lowest BCUT2D eigenvalue weighted by Gasteiger charge is -2.36. The molecule has 8 nitrogen and oxygen atoms in total. The minimum atomic E-state index is -0.711. The molecule has 1 fully saturated rings. The first-order chi connectivity index (χ1) is 15.4. The van der Waals surface area contributed by atoms with E-state index >= 15 is 0 Å². The molecular weight excluding hydrogens is 408 g/mol. The van der Waals surface area contributed by atoms with Gasteiger partial charge in [-0.3, -0.25) is 14.8 Å². The summed E-state index contributed by atoms with van der Waals surface area (Å²) in [6.45, 7) is 8.10. The van der Waals surface area contributed by atoms with Crippen LogP contribution in [0.3, 0.4) is 0 Å². The van der Waals surface area contributed by atoms with Gasteiger partial charge in [0, 0.05) is 44.8 Å². The lowest BCUT2D eigenvalue weighted by Crippen LogP contribution is -2.48. The van der Waals surface area contributed by atoms with Crippen LogP contribution in [-0.2, 0) is 11.3 Å². The summed E-state index contributed by atoms with van der Waals surface area (Å²) in [5.41, 5.74) is 4.95. The van der Waals surface area contributed by atoms with E-state index in [0.717, 1.165) is 42.9 Å². The highest BCUT2D eigenvalue weighted by atomic mass is 16.5. The smallest absolute Gasteiger partial charge is 0.338 e. The quantitative estimate of drug-likeness (QED) is 0.658. The molecule has 0 aliphatic carbocycles. The Morgan fingerprint density at radius 2 is 1.72 bits per heavy atom. The van der Waals surface area contributed by atoms with E-state index < -0.39 is 12.2 Å². The Balaban J connectivity index is 1.30. The van der Waals surface area contributed by atoms with Crippen LogP contribution in [0.1, 0.15) is 56.2 Å². The number of benzene rings is 1. The maximum Gasteiger partial charge on any atom is 0.338 e. The lowest BCUT2D eigenvalue weighted by molar-refractivity contribution is 0.0470. The molecule has 1 aromatic heterocycles. The first-order valence-electron chi connectivity index (χ1n) is 10.9. The number of aryl methyl sites for hydroxylation is 1. The molecule has 2 aromatic rings. The van der Waals surface area contributed by atoms with E-state index in [1.165, 1.54) is 0 Å². The second-order valence-corrected chi connectivity index (χ2v) is 8.50. The topological polar surface area (TPSA) is 110 Å². The average molecular weight is 437 g/mol. The largest absolute Gasteiger partial charge is 0.457 e. The molecule has 1 saturated heterocycles. The van der Waals surface area contributed by atoms with E-state index in [4.69, 9.17) is 10.00 Å². The molecule has 2 atom stereocenters. The average Bonchev–Trinajstić information content (AvgIpc) is 3.16. The van der Waals surface area contributed by atoms with Crippen LogP contribution in [0, 0.1) is 25.2 Å². The third-order valence-corrected chi connectivity index (χ3v) is 6.46. The second kappa shape index (κ2) is 9.35. The molecule has 0 saturated carbocycles. The molecule has 4 rings (SSSR count). The van der Waals surface area contributed by atoms with Gasteiger partial charge in [-0.25, -0.2) is 4.79 Å². The molecule has 1 unspecified atom stereocenters. The summed E-state index contributed by atoms with van der Waals surface area (Å²) in [7, 11) is 0. The first kappa shape index (κ1) is 22.4. The zero-order chi connectivity index (χ0) is 22.8. The number of aromatic nitrogens is 1. The van der Waals surface area contributed by atoms with Crippen LogP contribution >= 0.6 is 0 Å². The maximum absolute atomic E-state index is 11.7. The van der Waals surface area contributed by atoms with Crippen LogP contribution in [0.15, 0.2) is 24.3 Å². The summed E-state index contributed by atoms with van der Waals surface area (Å²) < 4.78 is 5.11. The number of esters is 1. The number of aliphatic hydroxyl groups is 2.